The molecule has 0 fully saturated rings. The summed E-state index contributed by atoms with van der Waals surface area (Å²) in [6.45, 7) is 16.5. The van der Waals surface area contributed by atoms with E-state index in [2.05, 4.69) is 24.4 Å². The molecule has 0 rings (SSSR count). The Labute approximate surface area is 289 Å². The monoisotopic (exact) mass is 667 g/mol. The fraction of sp³-hybridized carbons (Fsp3) is 0.868. The van der Waals surface area contributed by atoms with Gasteiger partial charge in [-0.25, -0.2) is 9.59 Å². The number of nitrogens with one attached hydrogen (secondary N) is 1. The highest BCUT2D eigenvalue weighted by Gasteiger charge is 2.23. The molecule has 3 N–H and O–H groups in total. The van der Waals surface area contributed by atoms with Crippen LogP contribution in [0.2, 0.25) is 0 Å². The zero-order valence-corrected chi connectivity index (χ0v) is 31.6. The zero-order valence-electron chi connectivity index (χ0n) is 31.6. The van der Waals surface area contributed by atoms with E-state index in [-0.39, 0.29) is 18.1 Å². The van der Waals surface area contributed by atoms with Crippen LogP contribution in [0.1, 0.15) is 164 Å². The number of unbranched alkanes of at least 4 members (excludes halogenated alkanes) is 12. The summed E-state index contributed by atoms with van der Waals surface area (Å²) >= 11 is 0. The van der Waals surface area contributed by atoms with Crippen molar-refractivity contribution in [2.45, 2.75) is 175 Å². The van der Waals surface area contributed by atoms with Crippen molar-refractivity contribution in [3.05, 3.63) is 12.2 Å². The first kappa shape index (κ1) is 44.7. The number of amides is 3. The Kier molecular flexibility index (Phi) is 26.3. The van der Waals surface area contributed by atoms with E-state index in [0.29, 0.717) is 65.0 Å². The maximum absolute atomic E-state index is 12.9. The minimum Gasteiger partial charge on any atom is -0.444 e. The second kappa shape index (κ2) is 27.6. The normalized spacial score (nSPS) is 11.9. The minimum absolute atomic E-state index is 0.0751. The lowest BCUT2D eigenvalue weighted by atomic mass is 10.1. The molecule has 0 spiro atoms. The van der Waals surface area contributed by atoms with Crippen LogP contribution in [0.25, 0.3) is 0 Å². The molecule has 0 aromatic rings. The van der Waals surface area contributed by atoms with E-state index in [1.165, 1.54) is 64.2 Å². The molecule has 0 aromatic heterocycles. The number of hydrogen-bond acceptors (Lipinski definition) is 6. The molecule has 0 atom stereocenters. The summed E-state index contributed by atoms with van der Waals surface area (Å²) in [6, 6.07) is 0. The van der Waals surface area contributed by atoms with Gasteiger partial charge in [-0.05, 0) is 106 Å². The smallest absolute Gasteiger partial charge is 0.410 e. The topological polar surface area (TPSA) is 114 Å². The van der Waals surface area contributed by atoms with Crippen molar-refractivity contribution in [2.75, 3.05) is 39.3 Å². The average molecular weight is 667 g/mol. The predicted octanol–water partition coefficient (Wildman–Crippen LogP) is 9.13. The molecule has 9 heteroatoms. The molecule has 0 aromatic carbocycles. The first-order valence-electron chi connectivity index (χ1n) is 18.9. The van der Waals surface area contributed by atoms with Crippen molar-refractivity contribution in [3.63, 3.8) is 0 Å². The molecule has 276 valence electrons. The largest absolute Gasteiger partial charge is 0.444 e. The molecular weight excluding hydrogens is 592 g/mol. The van der Waals surface area contributed by atoms with Crippen LogP contribution in [0, 0.1) is 0 Å². The summed E-state index contributed by atoms with van der Waals surface area (Å²) in [7, 11) is 0. The number of carbonyl (C=O) groups excluding carboxylic acids is 3. The van der Waals surface area contributed by atoms with Gasteiger partial charge in [-0.2, -0.15) is 0 Å². The van der Waals surface area contributed by atoms with Crippen LogP contribution in [0.3, 0.4) is 0 Å². The van der Waals surface area contributed by atoms with Crippen LogP contribution in [-0.4, -0.2) is 78.4 Å². The van der Waals surface area contributed by atoms with Gasteiger partial charge in [-0.15, -0.1) is 0 Å². The van der Waals surface area contributed by atoms with Gasteiger partial charge >= 0.3 is 12.2 Å². The summed E-state index contributed by atoms with van der Waals surface area (Å²) in [5, 5.41) is 3.01. The molecule has 47 heavy (non-hydrogen) atoms. The highest BCUT2D eigenvalue weighted by atomic mass is 16.6. The summed E-state index contributed by atoms with van der Waals surface area (Å²) in [6.07, 6.45) is 23.4. The third kappa shape index (κ3) is 29.6. The zero-order chi connectivity index (χ0) is 35.4. The fourth-order valence-corrected chi connectivity index (χ4v) is 5.07. The summed E-state index contributed by atoms with van der Waals surface area (Å²) in [4.78, 5) is 41.3. The number of carbonyl (C=O) groups is 3. The summed E-state index contributed by atoms with van der Waals surface area (Å²) in [5.74, 6) is 0.0751. The van der Waals surface area contributed by atoms with Gasteiger partial charge < -0.3 is 30.3 Å². The molecule has 0 saturated carbocycles. The Balaban J connectivity index is 4.30. The highest BCUT2D eigenvalue weighted by Crippen LogP contribution is 2.14. The second-order valence-electron chi connectivity index (χ2n) is 14.8. The van der Waals surface area contributed by atoms with Gasteiger partial charge in [0.25, 0.3) is 0 Å². The van der Waals surface area contributed by atoms with E-state index >= 15 is 0 Å². The first-order valence-corrected chi connectivity index (χ1v) is 18.9. The third-order valence-electron chi connectivity index (χ3n) is 7.63. The third-order valence-corrected chi connectivity index (χ3v) is 7.63. The summed E-state index contributed by atoms with van der Waals surface area (Å²) < 4.78 is 11.2. The molecule has 0 aliphatic heterocycles. The van der Waals surface area contributed by atoms with Gasteiger partial charge in [0.05, 0.1) is 0 Å². The van der Waals surface area contributed by atoms with Crippen molar-refractivity contribution in [1.82, 2.24) is 15.1 Å². The molecule has 0 saturated heterocycles. The van der Waals surface area contributed by atoms with E-state index < -0.39 is 11.2 Å². The van der Waals surface area contributed by atoms with Gasteiger partial charge in [-0.1, -0.05) is 70.4 Å². The van der Waals surface area contributed by atoms with E-state index in [1.807, 2.05) is 41.5 Å². The van der Waals surface area contributed by atoms with Crippen LogP contribution < -0.4 is 11.1 Å². The number of allylic oxidation sites excluding steroid dienone is 2. The van der Waals surface area contributed by atoms with Crippen molar-refractivity contribution in [2.24, 2.45) is 5.73 Å². The predicted molar refractivity (Wildman–Crippen MR) is 196 cm³/mol. The molecule has 0 bridgehead atoms. The van der Waals surface area contributed by atoms with E-state index in [1.54, 1.807) is 9.80 Å². The highest BCUT2D eigenvalue weighted by molar-refractivity contribution is 5.75. The molecule has 0 heterocycles. The number of ether oxygens (including phenoxy) is 2. The van der Waals surface area contributed by atoms with Crippen LogP contribution in [0.15, 0.2) is 12.2 Å². The minimum atomic E-state index is -0.594. The van der Waals surface area contributed by atoms with Crippen LogP contribution >= 0.6 is 0 Å². The molecule has 9 nitrogen and oxygen atoms in total. The van der Waals surface area contributed by atoms with Gasteiger partial charge in [-0.3, -0.25) is 4.79 Å². The lowest BCUT2D eigenvalue weighted by Crippen LogP contribution is -2.40. The van der Waals surface area contributed by atoms with Crippen molar-refractivity contribution in [3.8, 4) is 0 Å². The van der Waals surface area contributed by atoms with Crippen LogP contribution in [0.5, 0.6) is 0 Å². The van der Waals surface area contributed by atoms with Crippen molar-refractivity contribution in [1.29, 1.82) is 0 Å². The van der Waals surface area contributed by atoms with Gasteiger partial charge in [0.15, 0.2) is 0 Å². The Morgan fingerprint density at radius 1 is 0.596 bits per heavy atom. The Hall–Kier alpha value is -2.29. The molecule has 0 radical (unpaired) electrons. The average Bonchev–Trinajstić information content (AvgIpc) is 2.97. The molecule has 0 unspecified atom stereocenters. The number of rotatable bonds is 27. The molecule has 0 aliphatic carbocycles. The van der Waals surface area contributed by atoms with Crippen LogP contribution in [0.4, 0.5) is 9.59 Å². The van der Waals surface area contributed by atoms with Gasteiger partial charge in [0.1, 0.15) is 11.2 Å². The maximum Gasteiger partial charge on any atom is 0.410 e. The molecular formula is C38H74N4O5. The lowest BCUT2D eigenvalue weighted by molar-refractivity contribution is -0.121. The van der Waals surface area contributed by atoms with E-state index in [4.69, 9.17) is 15.2 Å². The maximum atomic E-state index is 12.9. The van der Waals surface area contributed by atoms with Crippen molar-refractivity contribution >= 4 is 18.1 Å². The fourth-order valence-electron chi connectivity index (χ4n) is 5.07. The standard InChI is InChI=1S/C38H74N4O5/c1-8-9-10-11-12-13-14-15-16-17-18-19-20-21-22-27-34(43)40-29-26-33-42(36(45)47-38(5,6)7)31-24-23-30-41(32-25-28-39)35(44)46-37(2,3)4/h15-16H,8-14,17-33,39H2,1-7H3,(H,40,43). The van der Waals surface area contributed by atoms with Crippen molar-refractivity contribution < 1.29 is 23.9 Å². The number of nitrogens with zero attached hydrogens (tertiary/aromatic N) is 2. The number of hydrogen-bond donors (Lipinski definition) is 2. The second-order valence-corrected chi connectivity index (χ2v) is 14.8. The van der Waals surface area contributed by atoms with Gasteiger partial charge in [0, 0.05) is 39.1 Å². The van der Waals surface area contributed by atoms with Crippen LogP contribution in [-0.2, 0) is 14.3 Å². The quantitative estimate of drug-likeness (QED) is 0.0668. The Bertz CT molecular complexity index is 835. The molecule has 0 aliphatic rings. The Morgan fingerprint density at radius 2 is 1.02 bits per heavy atom. The van der Waals surface area contributed by atoms with E-state index in [9.17, 15) is 14.4 Å². The Morgan fingerprint density at radius 3 is 1.49 bits per heavy atom. The van der Waals surface area contributed by atoms with E-state index in [0.717, 1.165) is 25.7 Å². The molecule has 3 amide bonds. The summed E-state index contributed by atoms with van der Waals surface area (Å²) in [5.41, 5.74) is 4.51. The van der Waals surface area contributed by atoms with Gasteiger partial charge in [0.2, 0.25) is 5.91 Å². The first-order chi connectivity index (χ1) is 22.3. The SMILES string of the molecule is CCCCCCCCC=CCCCCCCCC(=O)NCCCN(CCCCN(CCCN)C(=O)OC(C)(C)C)C(=O)OC(C)(C)C. The lowest BCUT2D eigenvalue weighted by Gasteiger charge is -2.29. The number of nitrogens with two attached hydrogens (primary N) is 1.